The second-order valence-corrected chi connectivity index (χ2v) is 7.99. The van der Waals surface area contributed by atoms with Crippen molar-refractivity contribution in [3.8, 4) is 5.69 Å². The fraction of sp³-hybridized carbons (Fsp3) is 0.348. The van der Waals surface area contributed by atoms with Crippen LogP contribution >= 0.6 is 0 Å². The highest BCUT2D eigenvalue weighted by atomic mass is 19.4. The summed E-state index contributed by atoms with van der Waals surface area (Å²) in [7, 11) is 0. The Balaban J connectivity index is 1.55. The molecule has 1 aliphatic rings. The lowest BCUT2D eigenvalue weighted by atomic mass is 9.77. The van der Waals surface area contributed by atoms with Gasteiger partial charge in [0.05, 0.1) is 22.7 Å². The number of alkyl halides is 3. The lowest BCUT2D eigenvalue weighted by Crippen LogP contribution is -2.43. The van der Waals surface area contributed by atoms with E-state index in [9.17, 15) is 18.0 Å². The SMILES string of the molecule is C[C@H](NC(=O)C1(c2cccc(C(F)(F)F)c2)CCCC1)c1ccc(-n2cncn2)cc1. The van der Waals surface area contributed by atoms with Crippen molar-refractivity contribution >= 4 is 5.91 Å². The molecule has 1 atom stereocenters. The number of nitrogens with one attached hydrogen (secondary N) is 1. The normalized spacial score (nSPS) is 16.8. The van der Waals surface area contributed by atoms with Gasteiger partial charge in [-0.2, -0.15) is 18.3 Å². The Morgan fingerprint density at radius 2 is 1.84 bits per heavy atom. The van der Waals surface area contributed by atoms with E-state index in [0.717, 1.165) is 36.2 Å². The number of nitrogens with zero attached hydrogens (tertiary/aromatic N) is 3. The van der Waals surface area contributed by atoms with Crippen molar-refractivity contribution in [2.45, 2.75) is 50.2 Å². The van der Waals surface area contributed by atoms with Crippen LogP contribution in [0.2, 0.25) is 0 Å². The van der Waals surface area contributed by atoms with Crippen LogP contribution in [0, 0.1) is 0 Å². The quantitative estimate of drug-likeness (QED) is 0.624. The summed E-state index contributed by atoms with van der Waals surface area (Å²) in [5.41, 5.74) is 0.521. The molecule has 3 aromatic rings. The van der Waals surface area contributed by atoms with Gasteiger partial charge < -0.3 is 5.32 Å². The van der Waals surface area contributed by atoms with E-state index >= 15 is 0 Å². The van der Waals surface area contributed by atoms with Gasteiger partial charge in [-0.05, 0) is 49.1 Å². The second-order valence-electron chi connectivity index (χ2n) is 7.99. The average molecular weight is 428 g/mol. The number of hydrogen-bond acceptors (Lipinski definition) is 3. The Hall–Kier alpha value is -3.16. The Bertz CT molecular complexity index is 1040. The molecule has 1 aromatic heterocycles. The fourth-order valence-electron chi connectivity index (χ4n) is 4.29. The molecule has 1 fully saturated rings. The van der Waals surface area contributed by atoms with Crippen LogP contribution < -0.4 is 5.32 Å². The molecule has 1 amide bonds. The maximum absolute atomic E-state index is 13.4. The molecule has 1 heterocycles. The molecule has 1 saturated carbocycles. The number of carbonyl (C=O) groups excluding carboxylic acids is 1. The fourth-order valence-corrected chi connectivity index (χ4v) is 4.29. The third-order valence-electron chi connectivity index (χ3n) is 6.06. The van der Waals surface area contributed by atoms with E-state index in [4.69, 9.17) is 0 Å². The number of aromatic nitrogens is 3. The van der Waals surface area contributed by atoms with Crippen molar-refractivity contribution in [3.05, 3.63) is 77.9 Å². The van der Waals surface area contributed by atoms with Crippen molar-refractivity contribution in [1.82, 2.24) is 20.1 Å². The van der Waals surface area contributed by atoms with E-state index < -0.39 is 17.2 Å². The Labute approximate surface area is 178 Å². The molecule has 0 saturated heterocycles. The van der Waals surface area contributed by atoms with Crippen LogP contribution in [0.5, 0.6) is 0 Å². The van der Waals surface area contributed by atoms with Gasteiger partial charge in [0.15, 0.2) is 0 Å². The lowest BCUT2D eigenvalue weighted by molar-refractivity contribution is -0.138. The van der Waals surface area contributed by atoms with E-state index in [2.05, 4.69) is 15.4 Å². The van der Waals surface area contributed by atoms with Crippen molar-refractivity contribution in [2.75, 3.05) is 0 Å². The standard InChI is InChI=1S/C23H23F3N4O/c1-16(17-7-9-20(10-8-17)30-15-27-14-28-30)29-21(31)22(11-2-3-12-22)18-5-4-6-19(13-18)23(24,25)26/h4-10,13-16H,2-3,11-12H2,1H3,(H,29,31)/t16-/m0/s1. The summed E-state index contributed by atoms with van der Waals surface area (Å²) in [6, 6.07) is 12.5. The van der Waals surface area contributed by atoms with Gasteiger partial charge in [0, 0.05) is 0 Å². The smallest absolute Gasteiger partial charge is 0.349 e. The van der Waals surface area contributed by atoms with Gasteiger partial charge >= 0.3 is 6.18 Å². The summed E-state index contributed by atoms with van der Waals surface area (Å²) >= 11 is 0. The molecule has 0 spiro atoms. The highest BCUT2D eigenvalue weighted by Gasteiger charge is 2.44. The summed E-state index contributed by atoms with van der Waals surface area (Å²) in [6.07, 6.45) is 1.31. The van der Waals surface area contributed by atoms with Gasteiger partial charge in [0.1, 0.15) is 12.7 Å². The molecule has 0 radical (unpaired) electrons. The second kappa shape index (κ2) is 8.17. The molecule has 5 nitrogen and oxygen atoms in total. The molecule has 162 valence electrons. The van der Waals surface area contributed by atoms with Crippen LogP contribution in [-0.2, 0) is 16.4 Å². The largest absolute Gasteiger partial charge is 0.416 e. The molecule has 1 aliphatic carbocycles. The van der Waals surface area contributed by atoms with Crippen LogP contribution in [0.1, 0.15) is 55.3 Å². The summed E-state index contributed by atoms with van der Waals surface area (Å²) < 4.78 is 41.3. The van der Waals surface area contributed by atoms with Gasteiger partial charge in [0.2, 0.25) is 5.91 Å². The highest BCUT2D eigenvalue weighted by Crippen LogP contribution is 2.43. The third kappa shape index (κ3) is 4.19. The minimum absolute atomic E-state index is 0.225. The van der Waals surface area contributed by atoms with Gasteiger partial charge in [-0.1, -0.05) is 43.2 Å². The van der Waals surface area contributed by atoms with Crippen molar-refractivity contribution < 1.29 is 18.0 Å². The van der Waals surface area contributed by atoms with Crippen LogP contribution in [0.3, 0.4) is 0 Å². The number of rotatable bonds is 5. The third-order valence-corrected chi connectivity index (χ3v) is 6.06. The lowest BCUT2D eigenvalue weighted by Gasteiger charge is -2.30. The van der Waals surface area contributed by atoms with Gasteiger partial charge in [-0.15, -0.1) is 0 Å². The summed E-state index contributed by atoms with van der Waals surface area (Å²) in [4.78, 5) is 17.3. The summed E-state index contributed by atoms with van der Waals surface area (Å²) in [5.74, 6) is -0.225. The highest BCUT2D eigenvalue weighted by molar-refractivity contribution is 5.89. The topological polar surface area (TPSA) is 59.8 Å². The predicted molar refractivity (Wildman–Crippen MR) is 110 cm³/mol. The van der Waals surface area contributed by atoms with Crippen LogP contribution in [0.25, 0.3) is 5.69 Å². The number of benzene rings is 2. The van der Waals surface area contributed by atoms with Gasteiger partial charge in [0.25, 0.3) is 0 Å². The first-order chi connectivity index (χ1) is 14.8. The minimum atomic E-state index is -4.44. The molecule has 4 rings (SSSR count). The number of carbonyl (C=O) groups is 1. The molecular formula is C23H23F3N4O. The molecule has 0 aliphatic heterocycles. The Kier molecular flexibility index (Phi) is 5.56. The maximum atomic E-state index is 13.4. The molecular weight excluding hydrogens is 405 g/mol. The van der Waals surface area contributed by atoms with Crippen LogP contribution in [0.15, 0.2) is 61.2 Å². The molecule has 31 heavy (non-hydrogen) atoms. The first kappa shape index (κ1) is 21.1. The average Bonchev–Trinajstić information content (AvgIpc) is 3.46. The van der Waals surface area contributed by atoms with Gasteiger partial charge in [-0.25, -0.2) is 9.67 Å². The number of halogens is 3. The zero-order valence-corrected chi connectivity index (χ0v) is 17.1. The number of amides is 1. The van der Waals surface area contributed by atoms with Crippen LogP contribution in [0.4, 0.5) is 13.2 Å². The molecule has 1 N–H and O–H groups in total. The van der Waals surface area contributed by atoms with Crippen LogP contribution in [-0.4, -0.2) is 20.7 Å². The van der Waals surface area contributed by atoms with E-state index in [1.54, 1.807) is 17.1 Å². The summed E-state index contributed by atoms with van der Waals surface area (Å²) in [5, 5.41) is 7.12. The molecule has 8 heteroatoms. The Morgan fingerprint density at radius 1 is 1.13 bits per heavy atom. The van der Waals surface area contributed by atoms with Crippen molar-refractivity contribution in [3.63, 3.8) is 0 Å². The van der Waals surface area contributed by atoms with Gasteiger partial charge in [-0.3, -0.25) is 4.79 Å². The van der Waals surface area contributed by atoms with Crippen molar-refractivity contribution in [1.29, 1.82) is 0 Å². The molecule has 2 aromatic carbocycles. The number of hydrogen-bond donors (Lipinski definition) is 1. The predicted octanol–water partition coefficient (Wildman–Crippen LogP) is 4.98. The monoisotopic (exact) mass is 428 g/mol. The zero-order valence-electron chi connectivity index (χ0n) is 17.1. The summed E-state index contributed by atoms with van der Waals surface area (Å²) in [6.45, 7) is 1.87. The molecule has 0 bridgehead atoms. The maximum Gasteiger partial charge on any atom is 0.416 e. The Morgan fingerprint density at radius 3 is 2.45 bits per heavy atom. The van der Waals surface area contributed by atoms with E-state index in [0.29, 0.717) is 18.4 Å². The minimum Gasteiger partial charge on any atom is -0.349 e. The van der Waals surface area contributed by atoms with E-state index in [1.807, 2.05) is 31.2 Å². The van der Waals surface area contributed by atoms with E-state index in [1.165, 1.54) is 12.4 Å². The zero-order chi connectivity index (χ0) is 22.1. The van der Waals surface area contributed by atoms with E-state index in [-0.39, 0.29) is 11.9 Å². The van der Waals surface area contributed by atoms with Crippen molar-refractivity contribution in [2.24, 2.45) is 0 Å². The molecule has 0 unspecified atom stereocenters. The first-order valence-electron chi connectivity index (χ1n) is 10.2. The first-order valence-corrected chi connectivity index (χ1v) is 10.2.